The zero-order valence-electron chi connectivity index (χ0n) is 12.0. The Hall–Kier alpha value is -1.40. The number of anilines is 1. The van der Waals surface area contributed by atoms with Gasteiger partial charge in [-0.2, -0.15) is 0 Å². The molecule has 0 saturated carbocycles. The summed E-state index contributed by atoms with van der Waals surface area (Å²) in [5, 5.41) is 2.80. The number of para-hydroxylation sites is 1. The minimum atomic E-state index is -0.169. The molecule has 0 bridgehead atoms. The number of halogens is 1. The molecule has 20 heavy (non-hydrogen) atoms. The van der Waals surface area contributed by atoms with Gasteiger partial charge in [-0.3, -0.25) is 9.59 Å². The number of amides is 2. The summed E-state index contributed by atoms with van der Waals surface area (Å²) in [6.07, 6.45) is 0. The highest BCUT2D eigenvalue weighted by Crippen LogP contribution is 2.25. The molecule has 0 aromatic heterocycles. The molecule has 6 heteroatoms. The van der Waals surface area contributed by atoms with Gasteiger partial charge in [-0.15, -0.1) is 0 Å². The summed E-state index contributed by atoms with van der Waals surface area (Å²) in [6.45, 7) is 2.80. The first-order valence-corrected chi connectivity index (χ1v) is 7.15. The lowest BCUT2D eigenvalue weighted by Crippen LogP contribution is -2.41. The van der Waals surface area contributed by atoms with Crippen LogP contribution in [0.1, 0.15) is 6.92 Å². The van der Waals surface area contributed by atoms with Crippen LogP contribution in [0, 0.1) is 0 Å². The molecule has 0 radical (unpaired) electrons. The first-order valence-electron chi connectivity index (χ1n) is 6.36. The van der Waals surface area contributed by atoms with Crippen LogP contribution in [0.5, 0.6) is 0 Å². The molecule has 5 nitrogen and oxygen atoms in total. The summed E-state index contributed by atoms with van der Waals surface area (Å²) < 4.78 is 0.788. The van der Waals surface area contributed by atoms with Gasteiger partial charge in [-0.1, -0.05) is 12.1 Å². The van der Waals surface area contributed by atoms with E-state index in [1.54, 1.807) is 6.07 Å². The first-order chi connectivity index (χ1) is 9.41. The van der Waals surface area contributed by atoms with Crippen molar-refractivity contribution in [3.05, 3.63) is 28.7 Å². The van der Waals surface area contributed by atoms with Gasteiger partial charge < -0.3 is 15.1 Å². The minimum Gasteiger partial charge on any atom is -0.353 e. The number of benzene rings is 1. The van der Waals surface area contributed by atoms with E-state index >= 15 is 0 Å². The number of carbonyl (C=O) groups excluding carboxylic acids is 2. The third-order valence-corrected chi connectivity index (χ3v) is 3.38. The number of nitrogens with zero attached hydrogens (tertiary/aromatic N) is 2. The molecule has 1 rings (SSSR count). The summed E-state index contributed by atoms with van der Waals surface area (Å²) in [5.41, 5.74) is 0.697. The SMILES string of the molecule is CC(=O)N(CC(=O)NCCN(C)C)c1ccccc1Br. The van der Waals surface area contributed by atoms with Crippen molar-refractivity contribution < 1.29 is 9.59 Å². The Bertz CT molecular complexity index is 477. The van der Waals surface area contributed by atoms with Crippen molar-refractivity contribution in [1.82, 2.24) is 10.2 Å². The van der Waals surface area contributed by atoms with E-state index < -0.39 is 0 Å². The molecule has 1 N–H and O–H groups in total. The Morgan fingerprint density at radius 2 is 1.90 bits per heavy atom. The molecule has 0 fully saturated rings. The Morgan fingerprint density at radius 1 is 1.25 bits per heavy atom. The van der Waals surface area contributed by atoms with Crippen molar-refractivity contribution in [3.8, 4) is 0 Å². The largest absolute Gasteiger partial charge is 0.353 e. The van der Waals surface area contributed by atoms with E-state index in [0.717, 1.165) is 11.0 Å². The van der Waals surface area contributed by atoms with E-state index in [2.05, 4.69) is 21.2 Å². The van der Waals surface area contributed by atoms with E-state index in [0.29, 0.717) is 12.2 Å². The number of nitrogens with one attached hydrogen (secondary N) is 1. The minimum absolute atomic E-state index is 0.0192. The number of rotatable bonds is 6. The molecular formula is C14H20BrN3O2. The van der Waals surface area contributed by atoms with E-state index in [9.17, 15) is 9.59 Å². The molecule has 0 spiro atoms. The molecule has 2 amide bonds. The van der Waals surface area contributed by atoms with Crippen LogP contribution in [0.2, 0.25) is 0 Å². The highest BCUT2D eigenvalue weighted by atomic mass is 79.9. The van der Waals surface area contributed by atoms with Crippen LogP contribution in [-0.4, -0.2) is 50.4 Å². The summed E-state index contributed by atoms with van der Waals surface area (Å²) in [6, 6.07) is 7.34. The van der Waals surface area contributed by atoms with Gasteiger partial charge in [0.05, 0.1) is 5.69 Å². The molecule has 1 aromatic carbocycles. The predicted octanol–water partition coefficient (Wildman–Crippen LogP) is 1.48. The van der Waals surface area contributed by atoms with Gasteiger partial charge in [-0.05, 0) is 42.2 Å². The van der Waals surface area contributed by atoms with E-state index in [1.165, 1.54) is 11.8 Å². The van der Waals surface area contributed by atoms with Crippen LogP contribution in [0.4, 0.5) is 5.69 Å². The summed E-state index contributed by atoms with van der Waals surface area (Å²) in [4.78, 5) is 27.1. The summed E-state index contributed by atoms with van der Waals surface area (Å²) >= 11 is 3.39. The van der Waals surface area contributed by atoms with Crippen LogP contribution in [0.15, 0.2) is 28.7 Å². The van der Waals surface area contributed by atoms with Crippen LogP contribution < -0.4 is 10.2 Å². The number of hydrogen-bond donors (Lipinski definition) is 1. The third-order valence-electron chi connectivity index (χ3n) is 2.71. The molecule has 0 aliphatic heterocycles. The van der Waals surface area contributed by atoms with E-state index in [1.807, 2.05) is 37.2 Å². The molecule has 0 saturated heterocycles. The molecular weight excluding hydrogens is 322 g/mol. The van der Waals surface area contributed by atoms with Gasteiger partial charge in [0.25, 0.3) is 0 Å². The first kappa shape index (κ1) is 16.7. The molecule has 110 valence electrons. The standard InChI is InChI=1S/C14H20BrN3O2/c1-11(19)18(13-7-5-4-6-12(13)15)10-14(20)16-8-9-17(2)3/h4-7H,8-10H2,1-3H3,(H,16,20). The fourth-order valence-corrected chi connectivity index (χ4v) is 2.15. The highest BCUT2D eigenvalue weighted by molar-refractivity contribution is 9.10. The Labute approximate surface area is 128 Å². The maximum atomic E-state index is 11.9. The molecule has 0 aliphatic rings. The summed E-state index contributed by atoms with van der Waals surface area (Å²) in [5.74, 6) is -0.336. The van der Waals surface area contributed by atoms with E-state index in [-0.39, 0.29) is 18.4 Å². The van der Waals surface area contributed by atoms with Crippen LogP contribution in [0.25, 0.3) is 0 Å². The average Bonchev–Trinajstić information content (AvgIpc) is 2.36. The third kappa shape index (κ3) is 5.30. The monoisotopic (exact) mass is 341 g/mol. The van der Waals surface area contributed by atoms with Crippen molar-refractivity contribution in [2.24, 2.45) is 0 Å². The average molecular weight is 342 g/mol. The fraction of sp³-hybridized carbons (Fsp3) is 0.429. The van der Waals surface area contributed by atoms with Crippen LogP contribution in [0.3, 0.4) is 0 Å². The number of hydrogen-bond acceptors (Lipinski definition) is 3. The highest BCUT2D eigenvalue weighted by Gasteiger charge is 2.17. The lowest BCUT2D eigenvalue weighted by molar-refractivity contribution is -0.123. The van der Waals surface area contributed by atoms with Gasteiger partial charge in [-0.25, -0.2) is 0 Å². The van der Waals surface area contributed by atoms with Crippen molar-refractivity contribution in [3.63, 3.8) is 0 Å². The topological polar surface area (TPSA) is 52.7 Å². The van der Waals surface area contributed by atoms with Gasteiger partial charge in [0.1, 0.15) is 6.54 Å². The molecule has 0 heterocycles. The quantitative estimate of drug-likeness (QED) is 0.852. The Kier molecular flexibility index (Phi) is 6.67. The maximum Gasteiger partial charge on any atom is 0.240 e. The zero-order chi connectivity index (χ0) is 15.1. The zero-order valence-corrected chi connectivity index (χ0v) is 13.6. The normalized spacial score (nSPS) is 10.4. The maximum absolute atomic E-state index is 11.9. The molecule has 0 aliphatic carbocycles. The van der Waals surface area contributed by atoms with Crippen LogP contribution in [-0.2, 0) is 9.59 Å². The molecule has 1 aromatic rings. The van der Waals surface area contributed by atoms with Crippen molar-refractivity contribution in [1.29, 1.82) is 0 Å². The van der Waals surface area contributed by atoms with Crippen molar-refractivity contribution in [2.45, 2.75) is 6.92 Å². The van der Waals surface area contributed by atoms with Crippen LogP contribution >= 0.6 is 15.9 Å². The fourth-order valence-electron chi connectivity index (χ4n) is 1.66. The predicted molar refractivity (Wildman–Crippen MR) is 83.7 cm³/mol. The Balaban J connectivity index is 2.67. The van der Waals surface area contributed by atoms with Crippen molar-refractivity contribution >= 4 is 33.4 Å². The second-order valence-electron chi connectivity index (χ2n) is 4.71. The van der Waals surface area contributed by atoms with Gasteiger partial charge in [0.15, 0.2) is 0 Å². The van der Waals surface area contributed by atoms with Gasteiger partial charge in [0, 0.05) is 24.5 Å². The van der Waals surface area contributed by atoms with E-state index in [4.69, 9.17) is 0 Å². The molecule has 0 unspecified atom stereocenters. The van der Waals surface area contributed by atoms with Crippen molar-refractivity contribution in [2.75, 3.05) is 38.6 Å². The van der Waals surface area contributed by atoms with Gasteiger partial charge in [0.2, 0.25) is 11.8 Å². The van der Waals surface area contributed by atoms with Gasteiger partial charge >= 0.3 is 0 Å². The summed E-state index contributed by atoms with van der Waals surface area (Å²) in [7, 11) is 3.88. The lowest BCUT2D eigenvalue weighted by Gasteiger charge is -2.22. The Morgan fingerprint density at radius 3 is 2.45 bits per heavy atom. The molecule has 0 atom stereocenters. The second kappa shape index (κ2) is 8.01. The number of likely N-dealkylation sites (N-methyl/N-ethyl adjacent to an activating group) is 1. The smallest absolute Gasteiger partial charge is 0.240 e. The lowest BCUT2D eigenvalue weighted by atomic mass is 10.3. The second-order valence-corrected chi connectivity index (χ2v) is 5.56. The number of carbonyl (C=O) groups is 2.